The molecule has 0 aliphatic carbocycles. The lowest BCUT2D eigenvalue weighted by atomic mass is 9.68. The highest BCUT2D eigenvalue weighted by atomic mass is 35.5. The lowest BCUT2D eigenvalue weighted by molar-refractivity contribution is -0.127. The zero-order valence-corrected chi connectivity index (χ0v) is 17.9. The average molecular weight is 416 g/mol. The van der Waals surface area contributed by atoms with Gasteiger partial charge >= 0.3 is 0 Å². The molecule has 150 valence electrons. The maximum absolute atomic E-state index is 13.8. The minimum Gasteiger partial charge on any atom is -0.351 e. The van der Waals surface area contributed by atoms with E-state index in [9.17, 15) is 15.3 Å². The maximum atomic E-state index is 13.8. The number of para-hydroxylation sites is 1. The highest BCUT2D eigenvalue weighted by Gasteiger charge is 2.64. The Kier molecular flexibility index (Phi) is 4.72. The molecule has 2 heterocycles. The van der Waals surface area contributed by atoms with Gasteiger partial charge in [0.05, 0.1) is 24.2 Å². The zero-order chi connectivity index (χ0) is 21.7. The first-order valence-electron chi connectivity index (χ1n) is 9.92. The van der Waals surface area contributed by atoms with Crippen LogP contribution in [0, 0.1) is 33.5 Å². The van der Waals surface area contributed by atoms with Crippen molar-refractivity contribution in [2.24, 2.45) is 10.8 Å². The van der Waals surface area contributed by atoms with E-state index < -0.39 is 28.8 Å². The van der Waals surface area contributed by atoms with Crippen LogP contribution in [0.3, 0.4) is 0 Å². The highest BCUT2D eigenvalue weighted by Crippen LogP contribution is 2.56. The number of rotatable bonds is 2. The fourth-order valence-electron chi connectivity index (χ4n) is 4.72. The normalized spacial score (nSPS) is 23.8. The molecule has 4 nitrogen and oxygen atoms in total. The van der Waals surface area contributed by atoms with Crippen molar-refractivity contribution in [3.63, 3.8) is 0 Å². The van der Waals surface area contributed by atoms with Crippen LogP contribution in [0.1, 0.15) is 37.8 Å². The topological polar surface area (TPSA) is 67.9 Å². The number of anilines is 1. The van der Waals surface area contributed by atoms with Gasteiger partial charge in [-0.2, -0.15) is 10.5 Å². The third-order valence-electron chi connectivity index (χ3n) is 6.15. The van der Waals surface area contributed by atoms with Crippen LogP contribution in [0.5, 0.6) is 0 Å². The van der Waals surface area contributed by atoms with Crippen molar-refractivity contribution in [2.75, 3.05) is 4.90 Å². The third-order valence-corrected chi connectivity index (χ3v) is 6.40. The monoisotopic (exact) mass is 415 g/mol. The first-order valence-corrected chi connectivity index (χ1v) is 10.3. The molecule has 0 saturated carbocycles. The van der Waals surface area contributed by atoms with Crippen LogP contribution in [-0.4, -0.2) is 17.9 Å². The van der Waals surface area contributed by atoms with Gasteiger partial charge in [0, 0.05) is 22.0 Å². The van der Waals surface area contributed by atoms with Crippen molar-refractivity contribution >= 4 is 29.1 Å². The number of nitriles is 2. The minimum absolute atomic E-state index is 0.00456. The second-order valence-corrected chi connectivity index (χ2v) is 9.39. The summed E-state index contributed by atoms with van der Waals surface area (Å²) in [6.45, 7) is 5.65. The Morgan fingerprint density at radius 2 is 1.70 bits per heavy atom. The van der Waals surface area contributed by atoms with E-state index in [0.29, 0.717) is 5.02 Å². The molecule has 2 aromatic rings. The Balaban J connectivity index is 2.02. The van der Waals surface area contributed by atoms with E-state index >= 15 is 0 Å². The fourth-order valence-corrected chi connectivity index (χ4v) is 4.85. The Hall–Kier alpha value is -3.08. The fraction of sp³-hybridized carbons (Fsp3) is 0.320. The molecule has 0 bridgehead atoms. The molecule has 3 atom stereocenters. The lowest BCUT2D eigenvalue weighted by Crippen LogP contribution is -2.47. The van der Waals surface area contributed by atoms with Crippen molar-refractivity contribution < 1.29 is 4.79 Å². The summed E-state index contributed by atoms with van der Waals surface area (Å²) >= 11 is 6.10. The van der Waals surface area contributed by atoms with Crippen LogP contribution in [-0.2, 0) is 4.79 Å². The first-order chi connectivity index (χ1) is 14.2. The summed E-state index contributed by atoms with van der Waals surface area (Å²) in [5.74, 6) is -0.609. The number of benzene rings is 2. The molecule has 0 spiro atoms. The summed E-state index contributed by atoms with van der Waals surface area (Å²) in [5.41, 5.74) is 0.562. The Morgan fingerprint density at radius 1 is 1.07 bits per heavy atom. The maximum Gasteiger partial charge on any atom is 0.176 e. The summed E-state index contributed by atoms with van der Waals surface area (Å²) in [7, 11) is 0. The number of ketones is 1. The summed E-state index contributed by atoms with van der Waals surface area (Å²) in [4.78, 5) is 15.8. The van der Waals surface area contributed by atoms with Crippen LogP contribution in [0.2, 0.25) is 5.02 Å². The van der Waals surface area contributed by atoms with Crippen LogP contribution < -0.4 is 4.90 Å². The Bertz CT molecular complexity index is 1100. The zero-order valence-electron chi connectivity index (χ0n) is 17.1. The molecule has 2 aliphatic heterocycles. The summed E-state index contributed by atoms with van der Waals surface area (Å²) in [6, 6.07) is 18.4. The molecule has 0 N–H and O–H groups in total. The number of halogens is 1. The van der Waals surface area contributed by atoms with E-state index in [1.807, 2.05) is 74.2 Å². The van der Waals surface area contributed by atoms with Gasteiger partial charge in [0.25, 0.3) is 0 Å². The van der Waals surface area contributed by atoms with Gasteiger partial charge in [-0.05, 0) is 29.3 Å². The molecule has 0 aromatic heterocycles. The van der Waals surface area contributed by atoms with Crippen LogP contribution in [0.4, 0.5) is 5.69 Å². The molecule has 1 fully saturated rings. The predicted molar refractivity (Wildman–Crippen MR) is 118 cm³/mol. The second-order valence-electron chi connectivity index (χ2n) is 8.95. The number of nitrogens with zero attached hydrogens (tertiary/aromatic N) is 3. The molecule has 4 rings (SSSR count). The molecule has 2 aromatic carbocycles. The van der Waals surface area contributed by atoms with Crippen molar-refractivity contribution in [1.29, 1.82) is 10.5 Å². The number of hydrogen-bond donors (Lipinski definition) is 0. The molecular weight excluding hydrogens is 394 g/mol. The van der Waals surface area contributed by atoms with Crippen molar-refractivity contribution in [2.45, 2.75) is 38.8 Å². The van der Waals surface area contributed by atoms with Crippen LogP contribution in [0.15, 0.2) is 54.6 Å². The van der Waals surface area contributed by atoms with E-state index in [1.165, 1.54) is 0 Å². The molecule has 0 radical (unpaired) electrons. The van der Waals surface area contributed by atoms with Gasteiger partial charge in [-0.3, -0.25) is 4.79 Å². The van der Waals surface area contributed by atoms with E-state index in [-0.39, 0.29) is 5.78 Å². The molecule has 2 aliphatic rings. The van der Waals surface area contributed by atoms with Gasteiger partial charge < -0.3 is 4.90 Å². The predicted octanol–water partition coefficient (Wildman–Crippen LogP) is 5.36. The Morgan fingerprint density at radius 3 is 2.30 bits per heavy atom. The van der Waals surface area contributed by atoms with Crippen LogP contribution in [0.25, 0.3) is 6.08 Å². The van der Waals surface area contributed by atoms with E-state index in [2.05, 4.69) is 12.1 Å². The standard InChI is InChI=1S/C25H22ClN3O/c1-24(2,3)23(30)22-21(17-8-11-18(26)12-9-17)25(14-27,15-28)20-13-10-16-6-4-5-7-19(16)29(20)22/h4-13,20-22H,1-3H3/t20-,21-,22+/m1/s1. The van der Waals surface area contributed by atoms with Crippen molar-refractivity contribution in [1.82, 2.24) is 0 Å². The van der Waals surface area contributed by atoms with Gasteiger partial charge in [-0.15, -0.1) is 0 Å². The van der Waals surface area contributed by atoms with Crippen molar-refractivity contribution in [3.8, 4) is 12.1 Å². The number of fused-ring (bicyclic) bond motifs is 3. The third kappa shape index (κ3) is 2.83. The average Bonchev–Trinajstić information content (AvgIpc) is 3.04. The Labute approximate surface area is 182 Å². The SMILES string of the molecule is CC(C)(C)C(=O)[C@@H]1[C@@H](c2ccc(Cl)cc2)C(C#N)(C#N)[C@H]2C=Cc3ccccc3N12. The van der Waals surface area contributed by atoms with Gasteiger partial charge in [0.2, 0.25) is 0 Å². The molecule has 5 heteroatoms. The number of Topliss-reactive ketones (excluding diaryl/α,β-unsaturated/α-hetero) is 1. The summed E-state index contributed by atoms with van der Waals surface area (Å²) < 4.78 is 0. The number of hydrogen-bond acceptors (Lipinski definition) is 4. The lowest BCUT2D eigenvalue weighted by Gasteiger charge is -2.37. The first kappa shape index (κ1) is 20.2. The molecule has 0 unspecified atom stereocenters. The molecular formula is C25H22ClN3O. The number of carbonyl (C=O) groups excluding carboxylic acids is 1. The second kappa shape index (κ2) is 7.01. The number of carbonyl (C=O) groups is 1. The van der Waals surface area contributed by atoms with Crippen molar-refractivity contribution in [3.05, 3.63) is 70.8 Å². The highest BCUT2D eigenvalue weighted by molar-refractivity contribution is 6.30. The minimum atomic E-state index is -1.41. The van der Waals surface area contributed by atoms with E-state index in [4.69, 9.17) is 11.6 Å². The summed E-state index contributed by atoms with van der Waals surface area (Å²) in [6.07, 6.45) is 3.84. The largest absolute Gasteiger partial charge is 0.351 e. The van der Waals surface area contributed by atoms with E-state index in [1.54, 1.807) is 12.1 Å². The van der Waals surface area contributed by atoms with Crippen LogP contribution >= 0.6 is 11.6 Å². The molecule has 30 heavy (non-hydrogen) atoms. The van der Waals surface area contributed by atoms with E-state index in [0.717, 1.165) is 16.8 Å². The van der Waals surface area contributed by atoms with Gasteiger partial charge in [-0.1, -0.05) is 74.9 Å². The van der Waals surface area contributed by atoms with Gasteiger partial charge in [-0.25, -0.2) is 0 Å². The quantitative estimate of drug-likeness (QED) is 0.662. The smallest absolute Gasteiger partial charge is 0.176 e. The van der Waals surface area contributed by atoms with Gasteiger partial charge in [0.15, 0.2) is 11.2 Å². The summed E-state index contributed by atoms with van der Waals surface area (Å²) in [5, 5.41) is 21.2. The van der Waals surface area contributed by atoms with Gasteiger partial charge in [0.1, 0.15) is 0 Å². The molecule has 1 saturated heterocycles. The molecule has 0 amide bonds.